The summed E-state index contributed by atoms with van der Waals surface area (Å²) in [4.78, 5) is 39.3. The molecule has 218 valence electrons. The first kappa shape index (κ1) is 33.1. The van der Waals surface area contributed by atoms with Gasteiger partial charge in [0, 0.05) is 18.3 Å². The van der Waals surface area contributed by atoms with E-state index in [0.717, 1.165) is 0 Å². The fourth-order valence-electron chi connectivity index (χ4n) is 5.87. The van der Waals surface area contributed by atoms with Gasteiger partial charge in [0.1, 0.15) is 12.0 Å². The monoisotopic (exact) mass is 564 g/mol. The summed E-state index contributed by atoms with van der Waals surface area (Å²) in [7, 11) is 0. The van der Waals surface area contributed by atoms with Gasteiger partial charge in [-0.15, -0.1) is 23.9 Å². The maximum absolute atomic E-state index is 13.5. The zero-order valence-corrected chi connectivity index (χ0v) is 25.3. The molecule has 0 radical (unpaired) electrons. The number of terminal acetylenes is 1. The Morgan fingerprint density at radius 2 is 1.90 bits per heavy atom. The van der Waals surface area contributed by atoms with Crippen LogP contribution in [0.15, 0.2) is 23.8 Å². The molecular weight excluding hydrogens is 520 g/mol. The van der Waals surface area contributed by atoms with Gasteiger partial charge in [-0.1, -0.05) is 46.8 Å². The molecule has 2 aliphatic rings. The molecule has 0 fully saturated rings. The predicted octanol–water partition coefficient (Wildman–Crippen LogP) is 5.64. The molecule has 0 aliphatic carbocycles. The van der Waals surface area contributed by atoms with E-state index in [1.807, 2.05) is 46.8 Å². The molecule has 2 heterocycles. The second-order valence-electron chi connectivity index (χ2n) is 11.3. The number of ether oxygens (including phenoxy) is 4. The molecule has 0 amide bonds. The Hall–Kier alpha value is -2.14. The molecule has 0 spiro atoms. The summed E-state index contributed by atoms with van der Waals surface area (Å²) in [5, 5.41) is 0. The van der Waals surface area contributed by atoms with Crippen molar-refractivity contribution in [1.82, 2.24) is 0 Å². The van der Waals surface area contributed by atoms with Crippen molar-refractivity contribution in [2.24, 2.45) is 29.6 Å². The number of hydrogen-bond donors (Lipinski definition) is 0. The Kier molecular flexibility index (Phi) is 12.3. The summed E-state index contributed by atoms with van der Waals surface area (Å²) in [6, 6.07) is 0. The third kappa shape index (κ3) is 8.42. The maximum Gasteiger partial charge on any atom is 0.321 e. The smallest absolute Gasteiger partial charge is 0.321 e. The van der Waals surface area contributed by atoms with E-state index in [4.69, 9.17) is 37.0 Å². The van der Waals surface area contributed by atoms with Gasteiger partial charge in [-0.25, -0.2) is 0 Å². The normalized spacial score (nSPS) is 40.0. The van der Waals surface area contributed by atoms with Crippen molar-refractivity contribution in [2.45, 2.75) is 105 Å². The average Bonchev–Trinajstić information content (AvgIpc) is 2.88. The molecule has 0 aromatic carbocycles. The first-order chi connectivity index (χ1) is 18.3. The second-order valence-corrected chi connectivity index (χ2v) is 11.6. The Balaban J connectivity index is 2.56. The molecule has 0 aromatic heterocycles. The number of hydrogen-bond acceptors (Lipinski definition) is 7. The van der Waals surface area contributed by atoms with Crippen LogP contribution in [-0.4, -0.2) is 53.8 Å². The summed E-state index contributed by atoms with van der Waals surface area (Å²) in [5.74, 6) is -0.687. The van der Waals surface area contributed by atoms with E-state index in [-0.39, 0.29) is 41.6 Å². The van der Waals surface area contributed by atoms with Gasteiger partial charge >= 0.3 is 11.9 Å². The van der Waals surface area contributed by atoms with Gasteiger partial charge in [-0.2, -0.15) is 0 Å². The summed E-state index contributed by atoms with van der Waals surface area (Å²) in [5.41, 5.74) is -0.975. The zero-order chi connectivity index (χ0) is 29.5. The van der Waals surface area contributed by atoms with Crippen LogP contribution in [0.3, 0.4) is 0 Å². The van der Waals surface area contributed by atoms with Gasteiger partial charge in [0.05, 0.1) is 18.1 Å². The molecule has 0 aromatic rings. The summed E-state index contributed by atoms with van der Waals surface area (Å²) < 4.78 is 24.1. The summed E-state index contributed by atoms with van der Waals surface area (Å²) in [6.07, 6.45) is 11.3. The molecule has 2 aliphatic heterocycles. The van der Waals surface area contributed by atoms with Gasteiger partial charge in [-0.3, -0.25) is 14.4 Å². The molecule has 0 bridgehead atoms. The van der Waals surface area contributed by atoms with Gasteiger partial charge in [0.15, 0.2) is 17.7 Å². The Morgan fingerprint density at radius 3 is 2.46 bits per heavy atom. The fourth-order valence-corrected chi connectivity index (χ4v) is 5.92. The standard InChI is InChI=1S/C31H45ClO7/c1-10-24-22(7)29(38-27-14-12-13-21(6)36-27)19(4)15-18(3)28(34)20(5)16-31(9,39-26(33)17-32)25(11-2)37-30(35)23(24)8/h1,12-13,16,18-19,21-25,27,29H,11,14-15,17H2,2-9H3/b20-16+/t18-,19?,21-,22+,23-,24?,25-,27?,29+,31+/m1/s1. The van der Waals surface area contributed by atoms with E-state index in [2.05, 4.69) is 5.92 Å². The average molecular weight is 565 g/mol. The van der Waals surface area contributed by atoms with Crippen LogP contribution in [0.2, 0.25) is 0 Å². The Morgan fingerprint density at radius 1 is 1.23 bits per heavy atom. The number of Topliss-reactive ketones (excluding diaryl/α,β-unsaturated/α-hetero) is 1. The maximum atomic E-state index is 13.5. The lowest BCUT2D eigenvalue weighted by Gasteiger charge is -2.39. The highest BCUT2D eigenvalue weighted by atomic mass is 35.5. The van der Waals surface area contributed by atoms with Crippen LogP contribution in [-0.2, 0) is 33.3 Å². The lowest BCUT2D eigenvalue weighted by atomic mass is 9.75. The van der Waals surface area contributed by atoms with E-state index in [1.165, 1.54) is 0 Å². The van der Waals surface area contributed by atoms with Gasteiger partial charge in [0.25, 0.3) is 0 Å². The Labute approximate surface area is 239 Å². The number of carbonyl (C=O) groups excluding carboxylic acids is 3. The van der Waals surface area contributed by atoms with E-state index < -0.39 is 41.8 Å². The molecule has 10 atom stereocenters. The third-order valence-electron chi connectivity index (χ3n) is 7.94. The number of alkyl halides is 1. The molecule has 7 nitrogen and oxygen atoms in total. The number of carbonyl (C=O) groups is 3. The minimum absolute atomic E-state index is 0.0771. The van der Waals surface area contributed by atoms with Crippen LogP contribution in [0.25, 0.3) is 0 Å². The SMILES string of the molecule is C#CC1[C@@H](C)C(=O)O[C@H](CC)[C@@](C)(OC(=O)CCl)/C=C(\C)C(=O)[C@H](C)CC(C)[C@H](OC2CC=C[C@@H](C)O2)[C@H]1C. The topological polar surface area (TPSA) is 88.1 Å². The number of esters is 2. The Bertz CT molecular complexity index is 982. The first-order valence-electron chi connectivity index (χ1n) is 13.9. The van der Waals surface area contributed by atoms with Crippen LogP contribution in [0.4, 0.5) is 0 Å². The van der Waals surface area contributed by atoms with Gasteiger partial charge < -0.3 is 18.9 Å². The first-order valence-corrected chi connectivity index (χ1v) is 14.5. The van der Waals surface area contributed by atoms with Crippen molar-refractivity contribution in [2.75, 3.05) is 5.88 Å². The summed E-state index contributed by atoms with van der Waals surface area (Å²) in [6.45, 7) is 14.7. The third-order valence-corrected chi connectivity index (χ3v) is 8.15. The van der Waals surface area contributed by atoms with Crippen LogP contribution in [0.5, 0.6) is 0 Å². The molecule has 39 heavy (non-hydrogen) atoms. The highest BCUT2D eigenvalue weighted by Crippen LogP contribution is 2.36. The van der Waals surface area contributed by atoms with Gasteiger partial charge in [-0.05, 0) is 57.1 Å². The molecule has 0 saturated heterocycles. The van der Waals surface area contributed by atoms with Gasteiger partial charge in [0.2, 0.25) is 0 Å². The quantitative estimate of drug-likeness (QED) is 0.185. The van der Waals surface area contributed by atoms with Crippen molar-refractivity contribution in [3.8, 4) is 12.3 Å². The fraction of sp³-hybridized carbons (Fsp3) is 0.710. The van der Waals surface area contributed by atoms with E-state index in [9.17, 15) is 14.4 Å². The van der Waals surface area contributed by atoms with Crippen molar-refractivity contribution in [3.63, 3.8) is 0 Å². The predicted molar refractivity (Wildman–Crippen MR) is 151 cm³/mol. The number of rotatable bonds is 5. The van der Waals surface area contributed by atoms with Crippen LogP contribution in [0, 0.1) is 41.9 Å². The number of cyclic esters (lactones) is 1. The second kappa shape index (κ2) is 14.5. The lowest BCUT2D eigenvalue weighted by molar-refractivity contribution is -0.210. The number of allylic oxidation sites excluding steroid dienone is 1. The van der Waals surface area contributed by atoms with E-state index >= 15 is 0 Å². The molecule has 2 rings (SSSR count). The largest absolute Gasteiger partial charge is 0.458 e. The lowest BCUT2D eigenvalue weighted by Crippen LogP contribution is -2.47. The van der Waals surface area contributed by atoms with Crippen LogP contribution < -0.4 is 0 Å². The highest BCUT2D eigenvalue weighted by molar-refractivity contribution is 6.26. The van der Waals surface area contributed by atoms with Crippen molar-refractivity contribution in [1.29, 1.82) is 0 Å². The zero-order valence-electron chi connectivity index (χ0n) is 24.6. The molecule has 3 unspecified atom stereocenters. The van der Waals surface area contributed by atoms with Crippen molar-refractivity contribution in [3.05, 3.63) is 23.8 Å². The van der Waals surface area contributed by atoms with Crippen molar-refractivity contribution < 1.29 is 33.3 Å². The van der Waals surface area contributed by atoms with E-state index in [0.29, 0.717) is 24.8 Å². The molecule has 8 heteroatoms. The van der Waals surface area contributed by atoms with Crippen LogP contribution >= 0.6 is 11.6 Å². The minimum atomic E-state index is -1.39. The molecule has 0 N–H and O–H groups in total. The van der Waals surface area contributed by atoms with Crippen molar-refractivity contribution >= 4 is 29.3 Å². The minimum Gasteiger partial charge on any atom is -0.458 e. The molecular formula is C31H45ClO7. The summed E-state index contributed by atoms with van der Waals surface area (Å²) >= 11 is 5.73. The highest BCUT2D eigenvalue weighted by Gasteiger charge is 2.43. The van der Waals surface area contributed by atoms with Crippen LogP contribution in [0.1, 0.15) is 74.7 Å². The number of halogens is 1. The number of ketones is 1. The molecule has 0 saturated carbocycles. The van der Waals surface area contributed by atoms with E-state index in [1.54, 1.807) is 26.8 Å².